The molecular weight excluding hydrogens is 306 g/mol. The molecule has 25 heavy (non-hydrogen) atoms. The number of nitrogens with zero attached hydrogens (tertiary/aromatic N) is 1. The molecule has 1 aromatic carbocycles. The van der Waals surface area contributed by atoms with E-state index in [-0.39, 0.29) is 6.23 Å². The lowest BCUT2D eigenvalue weighted by molar-refractivity contribution is -0.963. The summed E-state index contributed by atoms with van der Waals surface area (Å²) in [4.78, 5) is 0. The van der Waals surface area contributed by atoms with Gasteiger partial charge in [0.1, 0.15) is 6.04 Å². The molecule has 2 atom stereocenters. The van der Waals surface area contributed by atoms with Gasteiger partial charge in [0.15, 0.2) is 6.23 Å². The highest BCUT2D eigenvalue weighted by atomic mass is 16.3. The number of aliphatic hydroxyl groups excluding tert-OH is 1. The van der Waals surface area contributed by atoms with E-state index < -0.39 is 0 Å². The maximum Gasteiger partial charge on any atom is 0.187 e. The van der Waals surface area contributed by atoms with Crippen LogP contribution in [0.2, 0.25) is 0 Å². The lowest BCUT2D eigenvalue weighted by Crippen LogP contribution is -2.49. The average Bonchev–Trinajstić information content (AvgIpc) is 2.60. The molecule has 0 heterocycles. The molecule has 0 bridgehead atoms. The van der Waals surface area contributed by atoms with E-state index in [0.29, 0.717) is 10.5 Å². The lowest BCUT2D eigenvalue weighted by Gasteiger charge is -2.40. The zero-order chi connectivity index (χ0) is 18.5. The minimum atomic E-state index is -0.353. The Morgan fingerprint density at radius 1 is 0.800 bits per heavy atom. The van der Waals surface area contributed by atoms with Gasteiger partial charge in [-0.2, -0.15) is 0 Å². The van der Waals surface area contributed by atoms with E-state index in [9.17, 15) is 5.11 Å². The van der Waals surface area contributed by atoms with Gasteiger partial charge in [-0.15, -0.1) is 0 Å². The molecule has 0 aliphatic heterocycles. The normalized spacial score (nSPS) is 14.4. The fourth-order valence-corrected chi connectivity index (χ4v) is 3.64. The molecule has 1 aromatic rings. The minimum absolute atomic E-state index is 0.353. The Morgan fingerprint density at radius 2 is 1.28 bits per heavy atom. The molecule has 0 saturated heterocycles. The molecule has 144 valence electrons. The van der Waals surface area contributed by atoms with E-state index in [2.05, 4.69) is 51.4 Å². The van der Waals surface area contributed by atoms with Crippen LogP contribution in [0.5, 0.6) is 0 Å². The second-order valence-electron chi connectivity index (χ2n) is 8.16. The summed E-state index contributed by atoms with van der Waals surface area (Å²) in [5.41, 5.74) is 1.35. The Balaban J connectivity index is 2.33. The first kappa shape index (κ1) is 22.2. The zero-order valence-corrected chi connectivity index (χ0v) is 17.2. The van der Waals surface area contributed by atoms with Crippen molar-refractivity contribution in [2.45, 2.75) is 96.7 Å². The van der Waals surface area contributed by atoms with Crippen molar-refractivity contribution in [1.82, 2.24) is 0 Å². The fourth-order valence-electron chi connectivity index (χ4n) is 3.64. The van der Waals surface area contributed by atoms with Crippen LogP contribution in [0, 0.1) is 0 Å². The van der Waals surface area contributed by atoms with Crippen LogP contribution < -0.4 is 0 Å². The number of hydrogen-bond donors (Lipinski definition) is 1. The van der Waals surface area contributed by atoms with Gasteiger partial charge in [-0.25, -0.2) is 0 Å². The molecule has 2 heteroatoms. The molecule has 0 aliphatic rings. The third-order valence-electron chi connectivity index (χ3n) is 5.78. The first-order valence-corrected chi connectivity index (χ1v) is 10.6. The summed E-state index contributed by atoms with van der Waals surface area (Å²) in [5.74, 6) is 0. The Bertz CT molecular complexity index is 427. The van der Waals surface area contributed by atoms with Gasteiger partial charge in [-0.05, 0) is 6.42 Å². The van der Waals surface area contributed by atoms with Crippen LogP contribution in [0.1, 0.15) is 96.1 Å². The molecule has 0 fully saturated rings. The average molecular weight is 349 g/mol. The topological polar surface area (TPSA) is 20.2 Å². The fraction of sp³-hybridized carbons (Fsp3) is 0.739. The number of quaternary nitrogens is 1. The quantitative estimate of drug-likeness (QED) is 0.232. The summed E-state index contributed by atoms with van der Waals surface area (Å²) >= 11 is 0. The highest BCUT2D eigenvalue weighted by Crippen LogP contribution is 2.32. The first-order valence-electron chi connectivity index (χ1n) is 10.6. The van der Waals surface area contributed by atoms with Crippen LogP contribution in [0.4, 0.5) is 0 Å². The summed E-state index contributed by atoms with van der Waals surface area (Å²) < 4.78 is 0.640. The van der Waals surface area contributed by atoms with E-state index in [0.717, 1.165) is 6.42 Å². The number of aliphatic hydroxyl groups is 1. The molecule has 0 radical (unpaired) electrons. The smallest absolute Gasteiger partial charge is 0.187 e. The number of rotatable bonds is 14. The molecule has 0 saturated carbocycles. The summed E-state index contributed by atoms with van der Waals surface area (Å²) in [6, 6.07) is 11.1. The number of benzene rings is 1. The highest BCUT2D eigenvalue weighted by molar-refractivity contribution is 5.17. The summed E-state index contributed by atoms with van der Waals surface area (Å²) in [5, 5.41) is 10.2. The third kappa shape index (κ3) is 8.37. The number of unbranched alkanes of at least 4 members (excludes halogenated alkanes) is 9. The molecule has 2 nitrogen and oxygen atoms in total. The van der Waals surface area contributed by atoms with E-state index >= 15 is 0 Å². The predicted molar refractivity (Wildman–Crippen MR) is 109 cm³/mol. The molecule has 0 spiro atoms. The van der Waals surface area contributed by atoms with Gasteiger partial charge in [0.05, 0.1) is 14.1 Å². The van der Waals surface area contributed by atoms with Gasteiger partial charge >= 0.3 is 0 Å². The SMILES string of the molecule is CCCCCCCCCCCCC(c1ccccc1)[N+](C)(C)C(C)O. The highest BCUT2D eigenvalue weighted by Gasteiger charge is 2.33. The standard InChI is InChI=1S/C23H42NO/c1-5-6-7-8-9-10-11-12-13-17-20-23(24(3,4)21(2)25)22-18-15-14-16-19-22/h14-16,18-19,21,23,25H,5-13,17,20H2,1-4H3/q+1. The summed E-state index contributed by atoms with van der Waals surface area (Å²) in [6.07, 6.45) is 14.5. The first-order chi connectivity index (χ1) is 12.0. The zero-order valence-electron chi connectivity index (χ0n) is 17.2. The molecule has 0 aliphatic carbocycles. The molecule has 1 N–H and O–H groups in total. The number of hydrogen-bond acceptors (Lipinski definition) is 1. The van der Waals surface area contributed by atoms with Gasteiger partial charge in [0.2, 0.25) is 0 Å². The van der Waals surface area contributed by atoms with Gasteiger partial charge in [0.25, 0.3) is 0 Å². The third-order valence-corrected chi connectivity index (χ3v) is 5.78. The van der Waals surface area contributed by atoms with Crippen molar-refractivity contribution < 1.29 is 9.59 Å². The largest absolute Gasteiger partial charge is 0.345 e. The predicted octanol–water partition coefficient (Wildman–Crippen LogP) is 6.45. The van der Waals surface area contributed by atoms with Gasteiger partial charge < -0.3 is 5.11 Å². The van der Waals surface area contributed by atoms with Crippen LogP contribution in [0.3, 0.4) is 0 Å². The van der Waals surface area contributed by atoms with Crippen molar-refractivity contribution in [1.29, 1.82) is 0 Å². The molecule has 1 rings (SSSR count). The van der Waals surface area contributed by atoms with E-state index in [1.165, 1.54) is 69.8 Å². The molecular formula is C23H42NO+. The monoisotopic (exact) mass is 348 g/mol. The van der Waals surface area contributed by atoms with Crippen LogP contribution in [-0.4, -0.2) is 29.9 Å². The van der Waals surface area contributed by atoms with Crippen molar-refractivity contribution in [2.75, 3.05) is 14.1 Å². The van der Waals surface area contributed by atoms with E-state index in [1.54, 1.807) is 0 Å². The van der Waals surface area contributed by atoms with Crippen LogP contribution >= 0.6 is 0 Å². The Kier molecular flexibility index (Phi) is 11.1. The summed E-state index contributed by atoms with van der Waals surface area (Å²) in [6.45, 7) is 4.19. The second-order valence-corrected chi connectivity index (χ2v) is 8.16. The summed E-state index contributed by atoms with van der Waals surface area (Å²) in [7, 11) is 4.30. The minimum Gasteiger partial charge on any atom is -0.345 e. The van der Waals surface area contributed by atoms with E-state index in [4.69, 9.17) is 0 Å². The van der Waals surface area contributed by atoms with Gasteiger partial charge in [-0.3, -0.25) is 4.48 Å². The van der Waals surface area contributed by atoms with Crippen LogP contribution in [-0.2, 0) is 0 Å². The van der Waals surface area contributed by atoms with Crippen LogP contribution in [0.15, 0.2) is 30.3 Å². The van der Waals surface area contributed by atoms with Crippen molar-refractivity contribution in [3.8, 4) is 0 Å². The van der Waals surface area contributed by atoms with Crippen LogP contribution in [0.25, 0.3) is 0 Å². The van der Waals surface area contributed by atoms with Crippen molar-refractivity contribution in [3.63, 3.8) is 0 Å². The second kappa shape index (κ2) is 12.5. The van der Waals surface area contributed by atoms with Crippen molar-refractivity contribution in [2.24, 2.45) is 0 Å². The van der Waals surface area contributed by atoms with Gasteiger partial charge in [0, 0.05) is 18.9 Å². The van der Waals surface area contributed by atoms with E-state index in [1.807, 2.05) is 6.92 Å². The lowest BCUT2D eigenvalue weighted by atomic mass is 9.96. The Morgan fingerprint density at radius 3 is 1.76 bits per heavy atom. The molecule has 0 aromatic heterocycles. The maximum absolute atomic E-state index is 10.2. The Labute approximate surface area is 156 Å². The molecule has 0 amide bonds. The molecule has 2 unspecified atom stereocenters. The van der Waals surface area contributed by atoms with Crippen molar-refractivity contribution in [3.05, 3.63) is 35.9 Å². The van der Waals surface area contributed by atoms with Crippen molar-refractivity contribution >= 4 is 0 Å². The van der Waals surface area contributed by atoms with Gasteiger partial charge in [-0.1, -0.05) is 95.0 Å². The maximum atomic E-state index is 10.2. The Hall–Kier alpha value is -0.860.